The summed E-state index contributed by atoms with van der Waals surface area (Å²) in [5, 5.41) is 3.14. The number of nitrogens with zero attached hydrogens (tertiary/aromatic N) is 1. The predicted molar refractivity (Wildman–Crippen MR) is 82.8 cm³/mol. The van der Waals surface area contributed by atoms with E-state index in [1.807, 2.05) is 24.3 Å². The van der Waals surface area contributed by atoms with Gasteiger partial charge in [-0.3, -0.25) is 9.69 Å². The summed E-state index contributed by atoms with van der Waals surface area (Å²) in [6.07, 6.45) is 3.68. The van der Waals surface area contributed by atoms with Gasteiger partial charge in [0, 0.05) is 30.7 Å². The molecule has 0 bridgehead atoms. The van der Waals surface area contributed by atoms with Crippen molar-refractivity contribution in [2.75, 3.05) is 19.6 Å². The second-order valence-corrected chi connectivity index (χ2v) is 5.74. The van der Waals surface area contributed by atoms with Crippen LogP contribution in [0, 0.1) is 11.8 Å². The van der Waals surface area contributed by atoms with Crippen LogP contribution >= 0.6 is 0 Å². The molecule has 1 saturated heterocycles. The van der Waals surface area contributed by atoms with Gasteiger partial charge in [0.2, 0.25) is 0 Å². The molecule has 1 aliphatic carbocycles. The van der Waals surface area contributed by atoms with Gasteiger partial charge in [0.1, 0.15) is 0 Å². The molecule has 110 valence electrons. The fourth-order valence-corrected chi connectivity index (χ4v) is 2.88. The Balaban J connectivity index is 1.65. The molecular formula is C17H21N3O. The van der Waals surface area contributed by atoms with Gasteiger partial charge >= 0.3 is 0 Å². The third-order valence-electron chi connectivity index (χ3n) is 4.11. The largest absolute Gasteiger partial charge is 0.348 e. The van der Waals surface area contributed by atoms with E-state index in [2.05, 4.69) is 22.1 Å². The molecule has 2 fully saturated rings. The van der Waals surface area contributed by atoms with Gasteiger partial charge in [-0.25, -0.2) is 0 Å². The molecule has 0 spiro atoms. The Bertz CT molecular complexity index is 583. The van der Waals surface area contributed by atoms with E-state index in [-0.39, 0.29) is 11.9 Å². The van der Waals surface area contributed by atoms with Crippen molar-refractivity contribution >= 4 is 5.91 Å². The van der Waals surface area contributed by atoms with E-state index >= 15 is 0 Å². The fraction of sp³-hybridized carbons (Fsp3) is 0.471. The van der Waals surface area contributed by atoms with Crippen LogP contribution in [0.15, 0.2) is 24.3 Å². The van der Waals surface area contributed by atoms with Crippen LogP contribution < -0.4 is 11.1 Å². The molecule has 0 aromatic heterocycles. The van der Waals surface area contributed by atoms with Crippen LogP contribution in [0.25, 0.3) is 0 Å². The Morgan fingerprint density at radius 1 is 1.33 bits per heavy atom. The number of hydrogen-bond acceptors (Lipinski definition) is 3. The molecule has 1 amide bonds. The van der Waals surface area contributed by atoms with Gasteiger partial charge in [-0.1, -0.05) is 24.0 Å². The van der Waals surface area contributed by atoms with E-state index in [9.17, 15) is 4.79 Å². The molecule has 3 N–H and O–H groups in total. The Kier molecular flexibility index (Phi) is 4.23. The minimum Gasteiger partial charge on any atom is -0.348 e. The van der Waals surface area contributed by atoms with Gasteiger partial charge in [0.15, 0.2) is 0 Å². The lowest BCUT2D eigenvalue weighted by Gasteiger charge is -2.16. The lowest BCUT2D eigenvalue weighted by molar-refractivity contribution is 0.0937. The second kappa shape index (κ2) is 6.30. The van der Waals surface area contributed by atoms with Crippen LogP contribution in [0.3, 0.4) is 0 Å². The van der Waals surface area contributed by atoms with Crippen LogP contribution in [0.4, 0.5) is 0 Å². The summed E-state index contributed by atoms with van der Waals surface area (Å²) in [5.74, 6) is 5.75. The maximum Gasteiger partial charge on any atom is 0.252 e. The molecule has 4 heteroatoms. The van der Waals surface area contributed by atoms with Crippen LogP contribution in [0.5, 0.6) is 0 Å². The molecule has 21 heavy (non-hydrogen) atoms. The molecule has 3 rings (SSSR count). The Morgan fingerprint density at radius 2 is 2.14 bits per heavy atom. The summed E-state index contributed by atoms with van der Waals surface area (Å²) >= 11 is 0. The Labute approximate surface area is 125 Å². The van der Waals surface area contributed by atoms with Gasteiger partial charge in [-0.15, -0.1) is 0 Å². The first-order chi connectivity index (χ1) is 10.3. The number of likely N-dealkylation sites (tertiary alicyclic amines) is 1. The van der Waals surface area contributed by atoms with Gasteiger partial charge in [-0.2, -0.15) is 0 Å². The number of rotatable bonds is 3. The molecule has 1 unspecified atom stereocenters. The zero-order valence-electron chi connectivity index (χ0n) is 12.1. The summed E-state index contributed by atoms with van der Waals surface area (Å²) in [4.78, 5) is 14.9. The number of carbonyl (C=O) groups is 1. The summed E-state index contributed by atoms with van der Waals surface area (Å²) in [7, 11) is 0. The second-order valence-electron chi connectivity index (χ2n) is 5.74. The van der Waals surface area contributed by atoms with Crippen LogP contribution in [0.2, 0.25) is 0 Å². The van der Waals surface area contributed by atoms with Crippen molar-refractivity contribution in [3.05, 3.63) is 35.4 Å². The van der Waals surface area contributed by atoms with E-state index in [4.69, 9.17) is 5.73 Å². The van der Waals surface area contributed by atoms with Gasteiger partial charge < -0.3 is 11.1 Å². The zero-order chi connectivity index (χ0) is 14.7. The quantitative estimate of drug-likeness (QED) is 0.813. The van der Waals surface area contributed by atoms with E-state index in [1.54, 1.807) is 0 Å². The van der Waals surface area contributed by atoms with E-state index in [0.717, 1.165) is 31.1 Å². The van der Waals surface area contributed by atoms with Gasteiger partial charge in [0.05, 0.1) is 12.1 Å². The summed E-state index contributed by atoms with van der Waals surface area (Å²) in [6, 6.07) is 8.48. The van der Waals surface area contributed by atoms with Crippen molar-refractivity contribution in [3.8, 4) is 11.8 Å². The van der Waals surface area contributed by atoms with Crippen LogP contribution in [0.1, 0.15) is 35.2 Å². The van der Waals surface area contributed by atoms with Crippen molar-refractivity contribution in [2.45, 2.75) is 31.3 Å². The Hall–Kier alpha value is -1.83. The van der Waals surface area contributed by atoms with Crippen molar-refractivity contribution in [1.29, 1.82) is 0 Å². The number of amides is 1. The SMILES string of the molecule is NCC#Cc1ccccc1C(=O)NC1CCN(C2CC2)C1. The number of benzene rings is 1. The smallest absolute Gasteiger partial charge is 0.252 e. The summed E-state index contributed by atoms with van der Waals surface area (Å²) < 4.78 is 0. The average Bonchev–Trinajstić information content (AvgIpc) is 3.26. The minimum atomic E-state index is -0.0282. The molecule has 0 radical (unpaired) electrons. The summed E-state index contributed by atoms with van der Waals surface area (Å²) in [5.41, 5.74) is 6.79. The standard InChI is InChI=1S/C17H21N3O/c18-10-3-5-13-4-1-2-6-16(13)17(21)19-14-9-11-20(12-14)15-7-8-15/h1-2,4,6,14-15H,7-12,18H2,(H,19,21). The third kappa shape index (κ3) is 3.44. The number of hydrogen-bond donors (Lipinski definition) is 2. The molecule has 1 atom stereocenters. The number of nitrogens with two attached hydrogens (primary N) is 1. The highest BCUT2D eigenvalue weighted by Gasteiger charge is 2.34. The topological polar surface area (TPSA) is 58.4 Å². The van der Waals surface area contributed by atoms with Crippen molar-refractivity contribution in [2.24, 2.45) is 5.73 Å². The zero-order valence-corrected chi connectivity index (χ0v) is 12.1. The monoisotopic (exact) mass is 283 g/mol. The Morgan fingerprint density at radius 3 is 2.90 bits per heavy atom. The van der Waals surface area contributed by atoms with Crippen LogP contribution in [-0.4, -0.2) is 42.5 Å². The van der Waals surface area contributed by atoms with E-state index in [1.165, 1.54) is 12.8 Å². The van der Waals surface area contributed by atoms with Gasteiger partial charge in [0.25, 0.3) is 5.91 Å². The van der Waals surface area contributed by atoms with Crippen molar-refractivity contribution in [3.63, 3.8) is 0 Å². The molecule has 2 aliphatic rings. The highest BCUT2D eigenvalue weighted by atomic mass is 16.1. The molecule has 1 aromatic rings. The highest BCUT2D eigenvalue weighted by Crippen LogP contribution is 2.29. The lowest BCUT2D eigenvalue weighted by Crippen LogP contribution is -2.37. The average molecular weight is 283 g/mol. The highest BCUT2D eigenvalue weighted by molar-refractivity contribution is 5.96. The maximum atomic E-state index is 12.4. The predicted octanol–water partition coefficient (Wildman–Crippen LogP) is 0.963. The minimum absolute atomic E-state index is 0.0282. The summed E-state index contributed by atoms with van der Waals surface area (Å²) in [6.45, 7) is 2.38. The maximum absolute atomic E-state index is 12.4. The molecule has 1 heterocycles. The normalized spacial score (nSPS) is 21.7. The first-order valence-corrected chi connectivity index (χ1v) is 7.61. The third-order valence-corrected chi connectivity index (χ3v) is 4.11. The molecule has 1 aromatic carbocycles. The molecule has 1 saturated carbocycles. The van der Waals surface area contributed by atoms with Crippen molar-refractivity contribution in [1.82, 2.24) is 10.2 Å². The first-order valence-electron chi connectivity index (χ1n) is 7.61. The fourth-order valence-electron chi connectivity index (χ4n) is 2.88. The van der Waals surface area contributed by atoms with E-state index < -0.39 is 0 Å². The van der Waals surface area contributed by atoms with Gasteiger partial charge in [-0.05, 0) is 31.4 Å². The first kappa shape index (κ1) is 14.1. The number of nitrogens with one attached hydrogen (secondary N) is 1. The van der Waals surface area contributed by atoms with E-state index in [0.29, 0.717) is 12.1 Å². The van der Waals surface area contributed by atoms with Crippen LogP contribution in [-0.2, 0) is 0 Å². The van der Waals surface area contributed by atoms with Crippen molar-refractivity contribution < 1.29 is 4.79 Å². The number of carbonyl (C=O) groups excluding carboxylic acids is 1. The molecule has 4 nitrogen and oxygen atoms in total. The molecule has 1 aliphatic heterocycles. The molecular weight excluding hydrogens is 262 g/mol. The lowest BCUT2D eigenvalue weighted by atomic mass is 10.1.